The van der Waals surface area contributed by atoms with E-state index in [1.54, 1.807) is 0 Å². The summed E-state index contributed by atoms with van der Waals surface area (Å²) in [5.74, 6) is -1.75. The van der Waals surface area contributed by atoms with E-state index in [4.69, 9.17) is 0 Å². The third-order valence-corrected chi connectivity index (χ3v) is 2.24. The Bertz CT molecular complexity index is 340. The minimum absolute atomic E-state index is 0.0220. The monoisotopic (exact) mass is 250 g/mol. The summed E-state index contributed by atoms with van der Waals surface area (Å²) in [4.78, 5) is 10.8. The van der Waals surface area contributed by atoms with Gasteiger partial charge in [0, 0.05) is 0 Å². The smallest absolute Gasteiger partial charge is 0.341 e. The Morgan fingerprint density at radius 1 is 1.27 bits per heavy atom. The molecule has 0 radical (unpaired) electrons. The van der Waals surface area contributed by atoms with Gasteiger partial charge in [0.25, 0.3) is 6.29 Å². The second-order valence-electron chi connectivity index (χ2n) is 2.38. The van der Waals surface area contributed by atoms with Crippen LogP contribution in [0.3, 0.4) is 0 Å². The first-order chi connectivity index (χ1) is 6.74. The van der Waals surface area contributed by atoms with Crippen LogP contribution in [0, 0.1) is 0 Å². The van der Waals surface area contributed by atoms with E-state index in [0.29, 0.717) is 0 Å². The van der Waals surface area contributed by atoms with Gasteiger partial charge in [0.1, 0.15) is 0 Å². The van der Waals surface area contributed by atoms with E-state index in [2.05, 4.69) is 13.7 Å². The van der Waals surface area contributed by atoms with Crippen molar-refractivity contribution in [3.63, 3.8) is 0 Å². The van der Waals surface area contributed by atoms with E-state index in [-0.39, 0.29) is 13.2 Å². The van der Waals surface area contributed by atoms with Gasteiger partial charge in [-0.1, -0.05) is 0 Å². The van der Waals surface area contributed by atoms with E-state index < -0.39 is 27.9 Å². The lowest BCUT2D eigenvalue weighted by molar-refractivity contribution is -0.163. The molecule has 10 heteroatoms. The molecule has 0 N–H and O–H groups in total. The molecule has 1 rings (SSSR count). The Morgan fingerprint density at radius 3 is 2.13 bits per heavy atom. The van der Waals surface area contributed by atoms with Crippen LogP contribution >= 0.6 is 0 Å². The van der Waals surface area contributed by atoms with E-state index >= 15 is 0 Å². The molecule has 1 aliphatic rings. The fraction of sp³-hybridized carbons (Fsp3) is 0.800. The van der Waals surface area contributed by atoms with Gasteiger partial charge in [-0.25, -0.2) is 4.79 Å². The zero-order valence-corrected chi connectivity index (χ0v) is 7.80. The molecule has 0 bridgehead atoms. The average Bonchev–Trinajstić information content (AvgIpc) is 2.51. The summed E-state index contributed by atoms with van der Waals surface area (Å²) in [5, 5.41) is 0. The largest absolute Gasteiger partial charge is 0.534 e. The minimum Gasteiger partial charge on any atom is -0.341 e. The summed E-state index contributed by atoms with van der Waals surface area (Å²) in [6, 6.07) is 0. The molecule has 6 nitrogen and oxygen atoms in total. The number of carbonyl (C=O) groups excluding carboxylic acids is 1. The first-order valence-electron chi connectivity index (χ1n) is 3.52. The van der Waals surface area contributed by atoms with E-state index in [0.717, 1.165) is 0 Å². The molecule has 0 aliphatic carbocycles. The molecule has 0 unspecified atom stereocenters. The predicted octanol–water partition coefficient (Wildman–Crippen LogP) is -0.248. The minimum atomic E-state index is -5.94. The Labute approximate surface area is 82.0 Å². The first-order valence-corrected chi connectivity index (χ1v) is 4.92. The third-order valence-electron chi connectivity index (χ3n) is 1.29. The molecule has 1 saturated heterocycles. The zero-order chi connectivity index (χ0) is 11.7. The van der Waals surface area contributed by atoms with Crippen molar-refractivity contribution in [3.8, 4) is 0 Å². The van der Waals surface area contributed by atoms with Crippen LogP contribution in [0.15, 0.2) is 0 Å². The molecule has 88 valence electrons. The predicted molar refractivity (Wildman–Crippen MR) is 36.8 cm³/mol. The maximum atomic E-state index is 11.7. The van der Waals surface area contributed by atoms with Crippen LogP contribution in [0.4, 0.5) is 13.2 Å². The number of carbonyl (C=O) groups is 1. The van der Waals surface area contributed by atoms with Gasteiger partial charge in [-0.3, -0.25) is 0 Å². The molecule has 1 heterocycles. The van der Waals surface area contributed by atoms with E-state index in [1.807, 2.05) is 0 Å². The Balaban J connectivity index is 2.66. The first kappa shape index (κ1) is 12.2. The number of rotatable bonds is 2. The van der Waals surface area contributed by atoms with Crippen LogP contribution in [0.5, 0.6) is 0 Å². The number of halogens is 3. The lowest BCUT2D eigenvalue weighted by atomic mass is 10.7. The van der Waals surface area contributed by atoms with Crippen molar-refractivity contribution in [3.05, 3.63) is 0 Å². The van der Waals surface area contributed by atoms with Gasteiger partial charge >= 0.3 is 21.6 Å². The molecule has 0 spiro atoms. The lowest BCUT2D eigenvalue weighted by Gasteiger charge is -2.10. The standard InChI is InChI=1S/C5H5F3O6S/c6-5(7,8)15(10,11)14-3(9)4-12-1-2-13-4/h4H,1-2H2. The molecule has 1 fully saturated rings. The average molecular weight is 250 g/mol. The van der Waals surface area contributed by atoms with Crippen molar-refractivity contribution in [1.29, 1.82) is 0 Å². The van der Waals surface area contributed by atoms with Crippen molar-refractivity contribution in [2.24, 2.45) is 0 Å². The van der Waals surface area contributed by atoms with Crippen molar-refractivity contribution < 1.29 is 40.0 Å². The SMILES string of the molecule is O=C(OS(=O)(=O)C(F)(F)F)C1OCCO1. The number of alkyl halides is 3. The van der Waals surface area contributed by atoms with E-state index in [9.17, 15) is 26.4 Å². The fourth-order valence-electron chi connectivity index (χ4n) is 0.689. The Kier molecular flexibility index (Phi) is 3.21. The summed E-state index contributed by atoms with van der Waals surface area (Å²) < 4.78 is 68.0. The van der Waals surface area contributed by atoms with E-state index in [1.165, 1.54) is 0 Å². The van der Waals surface area contributed by atoms with Crippen LogP contribution in [-0.4, -0.2) is 39.4 Å². The fourth-order valence-corrected chi connectivity index (χ4v) is 1.08. The van der Waals surface area contributed by atoms with Gasteiger partial charge in [-0.2, -0.15) is 21.6 Å². The van der Waals surface area contributed by atoms with Crippen LogP contribution in [0.25, 0.3) is 0 Å². The van der Waals surface area contributed by atoms with Crippen molar-refractivity contribution in [1.82, 2.24) is 0 Å². The number of hydrogen-bond donors (Lipinski definition) is 0. The summed E-state index contributed by atoms with van der Waals surface area (Å²) >= 11 is 0. The van der Waals surface area contributed by atoms with Crippen LogP contribution < -0.4 is 0 Å². The van der Waals surface area contributed by atoms with Crippen molar-refractivity contribution >= 4 is 16.1 Å². The molecule has 0 aromatic carbocycles. The van der Waals surface area contributed by atoms with Crippen molar-refractivity contribution in [2.45, 2.75) is 11.8 Å². The second-order valence-corrected chi connectivity index (χ2v) is 3.91. The molecule has 0 aromatic heterocycles. The summed E-state index contributed by atoms with van der Waals surface area (Å²) in [7, 11) is -5.94. The quantitative estimate of drug-likeness (QED) is 0.496. The zero-order valence-electron chi connectivity index (χ0n) is 6.98. The van der Waals surface area contributed by atoms with Crippen LogP contribution in [0.2, 0.25) is 0 Å². The van der Waals surface area contributed by atoms with Crippen molar-refractivity contribution in [2.75, 3.05) is 13.2 Å². The summed E-state index contributed by atoms with van der Waals surface area (Å²) in [5.41, 5.74) is -5.65. The summed E-state index contributed by atoms with van der Waals surface area (Å²) in [6.07, 6.45) is -1.72. The normalized spacial score (nSPS) is 19.1. The lowest BCUT2D eigenvalue weighted by Crippen LogP contribution is -2.33. The molecular weight excluding hydrogens is 245 g/mol. The maximum Gasteiger partial charge on any atom is 0.534 e. The molecule has 0 amide bonds. The van der Waals surface area contributed by atoms with Gasteiger partial charge in [-0.05, 0) is 0 Å². The molecule has 0 saturated carbocycles. The van der Waals surface area contributed by atoms with Gasteiger partial charge in [0.15, 0.2) is 0 Å². The van der Waals surface area contributed by atoms with Crippen LogP contribution in [-0.2, 0) is 28.6 Å². The number of ether oxygens (including phenoxy) is 2. The molecule has 0 atom stereocenters. The second kappa shape index (κ2) is 3.94. The molecule has 15 heavy (non-hydrogen) atoms. The highest BCUT2D eigenvalue weighted by Gasteiger charge is 2.50. The highest BCUT2D eigenvalue weighted by atomic mass is 32.2. The highest BCUT2D eigenvalue weighted by molar-refractivity contribution is 7.88. The topological polar surface area (TPSA) is 78.9 Å². The highest BCUT2D eigenvalue weighted by Crippen LogP contribution is 2.25. The summed E-state index contributed by atoms with van der Waals surface area (Å²) in [6.45, 7) is -0.0440. The molecule has 0 aromatic rings. The number of hydrogen-bond acceptors (Lipinski definition) is 6. The maximum absolute atomic E-state index is 11.7. The van der Waals surface area contributed by atoms with Crippen LogP contribution in [0.1, 0.15) is 0 Å². The van der Waals surface area contributed by atoms with Gasteiger partial charge in [0.2, 0.25) is 0 Å². The van der Waals surface area contributed by atoms with Gasteiger partial charge in [0.05, 0.1) is 13.2 Å². The molecule has 1 aliphatic heterocycles. The Hall–Kier alpha value is -0.870. The Morgan fingerprint density at radius 2 is 1.73 bits per heavy atom. The molecular formula is C5H5F3O6S. The van der Waals surface area contributed by atoms with Gasteiger partial charge in [-0.15, -0.1) is 0 Å². The van der Waals surface area contributed by atoms with Gasteiger partial charge < -0.3 is 13.7 Å². The third kappa shape index (κ3) is 2.79.